The minimum Gasteiger partial charge on any atom is -0.382 e. The normalized spacial score (nSPS) is 17.5. The second-order valence-corrected chi connectivity index (χ2v) is 8.36. The molecule has 3 aromatic heterocycles. The third-order valence-electron chi connectivity index (χ3n) is 5.37. The van der Waals surface area contributed by atoms with Gasteiger partial charge in [0.1, 0.15) is 6.07 Å². The van der Waals surface area contributed by atoms with E-state index in [2.05, 4.69) is 32.1 Å². The van der Waals surface area contributed by atoms with E-state index < -0.39 is 0 Å². The maximum Gasteiger partial charge on any atom is 0.255 e. The molecule has 4 rings (SSSR count). The summed E-state index contributed by atoms with van der Waals surface area (Å²) in [5.74, 6) is -0.255. The van der Waals surface area contributed by atoms with Gasteiger partial charge in [-0.25, -0.2) is 4.52 Å². The summed E-state index contributed by atoms with van der Waals surface area (Å²) in [6, 6.07) is 9.72. The van der Waals surface area contributed by atoms with Crippen molar-refractivity contribution >= 4 is 23.0 Å². The molecule has 0 bridgehead atoms. The van der Waals surface area contributed by atoms with E-state index in [-0.39, 0.29) is 29.9 Å². The van der Waals surface area contributed by atoms with Gasteiger partial charge in [-0.2, -0.15) is 10.4 Å². The Bertz CT molecular complexity index is 1220. The predicted molar refractivity (Wildman–Crippen MR) is 120 cm³/mol. The van der Waals surface area contributed by atoms with Crippen LogP contribution in [0.1, 0.15) is 49.5 Å². The van der Waals surface area contributed by atoms with Gasteiger partial charge in [-0.3, -0.25) is 14.6 Å². The number of carbonyl (C=O) groups is 2. The quantitative estimate of drug-likeness (QED) is 0.551. The Morgan fingerprint density at radius 3 is 2.59 bits per heavy atom. The molecule has 1 saturated carbocycles. The van der Waals surface area contributed by atoms with Gasteiger partial charge in [0.25, 0.3) is 5.91 Å². The Balaban J connectivity index is 1.58. The summed E-state index contributed by atoms with van der Waals surface area (Å²) in [4.78, 5) is 28.6. The standard InChI is InChI=1S/C23H25N7O2/c1-13(2)27-20-9-21(22-5-4-18-6-15(10-24)11-26-30(18)22)25-12-19(20)23(32)29-17-7-16(8-17)28-14(3)31/h4-6,9,11-13,16-17H,7-8H2,1-3H3,(H,25,27)(H,28,31)(H,29,32)/t16-,17-. The van der Waals surface area contributed by atoms with Gasteiger partial charge in [-0.05, 0) is 51.0 Å². The van der Waals surface area contributed by atoms with Crippen molar-refractivity contribution in [3.63, 3.8) is 0 Å². The first-order chi connectivity index (χ1) is 15.3. The van der Waals surface area contributed by atoms with E-state index in [1.54, 1.807) is 16.8 Å². The zero-order valence-electron chi connectivity index (χ0n) is 18.2. The van der Waals surface area contributed by atoms with Crippen LogP contribution >= 0.6 is 0 Å². The second-order valence-electron chi connectivity index (χ2n) is 8.36. The molecule has 3 N–H and O–H groups in total. The van der Waals surface area contributed by atoms with Crippen molar-refractivity contribution in [3.05, 3.63) is 47.8 Å². The van der Waals surface area contributed by atoms with Gasteiger partial charge < -0.3 is 16.0 Å². The first-order valence-corrected chi connectivity index (χ1v) is 10.6. The van der Waals surface area contributed by atoms with E-state index in [0.717, 1.165) is 24.1 Å². The maximum absolute atomic E-state index is 12.9. The van der Waals surface area contributed by atoms with Gasteiger partial charge in [0.05, 0.1) is 39.9 Å². The molecule has 164 valence electrons. The SMILES string of the molecule is CC(=O)N[C@H]1C[C@H](NC(=O)c2cnc(-c3ccc4cc(C#N)cnn34)cc2NC(C)C)C1. The number of nitrogens with one attached hydrogen (secondary N) is 3. The highest BCUT2D eigenvalue weighted by atomic mass is 16.2. The number of hydrogen-bond donors (Lipinski definition) is 3. The van der Waals surface area contributed by atoms with Crippen molar-refractivity contribution in [2.75, 3.05) is 5.32 Å². The van der Waals surface area contributed by atoms with Gasteiger partial charge >= 0.3 is 0 Å². The number of aromatic nitrogens is 3. The van der Waals surface area contributed by atoms with Crippen LogP contribution in [-0.4, -0.2) is 44.5 Å². The van der Waals surface area contributed by atoms with Crippen LogP contribution in [0.4, 0.5) is 5.69 Å². The van der Waals surface area contributed by atoms with E-state index in [1.807, 2.05) is 32.0 Å². The molecule has 1 aliphatic rings. The molecule has 3 heterocycles. The Morgan fingerprint density at radius 2 is 1.91 bits per heavy atom. The van der Waals surface area contributed by atoms with Gasteiger partial charge in [0.15, 0.2) is 0 Å². The molecule has 0 aliphatic heterocycles. The van der Waals surface area contributed by atoms with E-state index in [1.165, 1.54) is 13.1 Å². The van der Waals surface area contributed by atoms with Gasteiger partial charge in [-0.15, -0.1) is 0 Å². The number of rotatable bonds is 6. The second kappa shape index (κ2) is 8.67. The number of hydrogen-bond acceptors (Lipinski definition) is 6. The van der Waals surface area contributed by atoms with Crippen LogP contribution < -0.4 is 16.0 Å². The Kier molecular flexibility index (Phi) is 5.77. The molecule has 0 radical (unpaired) electrons. The molecule has 32 heavy (non-hydrogen) atoms. The summed E-state index contributed by atoms with van der Waals surface area (Å²) < 4.78 is 1.72. The Morgan fingerprint density at radius 1 is 1.16 bits per heavy atom. The number of amides is 2. The lowest BCUT2D eigenvalue weighted by Crippen LogP contribution is -2.53. The van der Waals surface area contributed by atoms with E-state index in [0.29, 0.717) is 22.5 Å². The van der Waals surface area contributed by atoms with Crippen molar-refractivity contribution in [1.29, 1.82) is 5.26 Å². The molecule has 2 amide bonds. The van der Waals surface area contributed by atoms with Crippen molar-refractivity contribution in [1.82, 2.24) is 25.2 Å². The molecule has 0 saturated heterocycles. The molecule has 9 heteroatoms. The van der Waals surface area contributed by atoms with Crippen LogP contribution in [0.15, 0.2) is 36.7 Å². The van der Waals surface area contributed by atoms with Crippen molar-refractivity contribution in [2.24, 2.45) is 0 Å². The third kappa shape index (κ3) is 4.39. The highest BCUT2D eigenvalue weighted by molar-refractivity contribution is 6.00. The fourth-order valence-electron chi connectivity index (χ4n) is 3.87. The van der Waals surface area contributed by atoms with Crippen molar-refractivity contribution in [3.8, 4) is 17.5 Å². The summed E-state index contributed by atoms with van der Waals surface area (Å²) in [7, 11) is 0. The van der Waals surface area contributed by atoms with Gasteiger partial charge in [0, 0.05) is 31.2 Å². The average Bonchev–Trinajstić information content (AvgIpc) is 3.14. The number of nitriles is 1. The summed E-state index contributed by atoms with van der Waals surface area (Å²) in [6.07, 6.45) is 4.52. The zero-order chi connectivity index (χ0) is 22.8. The van der Waals surface area contributed by atoms with Crippen LogP contribution in [-0.2, 0) is 4.79 Å². The minimum absolute atomic E-state index is 0.0269. The summed E-state index contributed by atoms with van der Waals surface area (Å²) >= 11 is 0. The number of anilines is 1. The average molecular weight is 432 g/mol. The smallest absolute Gasteiger partial charge is 0.255 e. The largest absolute Gasteiger partial charge is 0.382 e. The fourth-order valence-corrected chi connectivity index (χ4v) is 3.87. The van der Waals surface area contributed by atoms with Crippen molar-refractivity contribution in [2.45, 2.75) is 51.7 Å². The van der Waals surface area contributed by atoms with Crippen LogP contribution in [0.2, 0.25) is 0 Å². The van der Waals surface area contributed by atoms with E-state index in [4.69, 9.17) is 5.26 Å². The van der Waals surface area contributed by atoms with Crippen LogP contribution in [0.3, 0.4) is 0 Å². The number of fused-ring (bicyclic) bond motifs is 1. The number of pyridine rings is 1. The summed E-state index contributed by atoms with van der Waals surface area (Å²) in [6.45, 7) is 5.50. The predicted octanol–water partition coefficient (Wildman–Crippen LogP) is 2.49. The third-order valence-corrected chi connectivity index (χ3v) is 5.37. The lowest BCUT2D eigenvalue weighted by Gasteiger charge is -2.36. The first-order valence-electron chi connectivity index (χ1n) is 10.6. The van der Waals surface area contributed by atoms with E-state index in [9.17, 15) is 9.59 Å². The molecule has 0 aromatic carbocycles. The molecule has 0 spiro atoms. The molecular formula is C23H25N7O2. The Labute approximate surface area is 185 Å². The molecule has 0 unspecified atom stereocenters. The zero-order valence-corrected chi connectivity index (χ0v) is 18.2. The number of nitrogens with zero attached hydrogens (tertiary/aromatic N) is 4. The summed E-state index contributed by atoms with van der Waals surface area (Å²) in [5, 5.41) is 22.7. The lowest BCUT2D eigenvalue weighted by atomic mass is 9.86. The number of carbonyl (C=O) groups excluding carboxylic acids is 2. The highest BCUT2D eigenvalue weighted by Crippen LogP contribution is 2.27. The maximum atomic E-state index is 12.9. The van der Waals surface area contributed by atoms with Crippen LogP contribution in [0.5, 0.6) is 0 Å². The molecular weight excluding hydrogens is 406 g/mol. The van der Waals surface area contributed by atoms with Gasteiger partial charge in [-0.1, -0.05) is 0 Å². The molecule has 1 aliphatic carbocycles. The molecule has 1 fully saturated rings. The van der Waals surface area contributed by atoms with E-state index >= 15 is 0 Å². The topological polar surface area (TPSA) is 124 Å². The van der Waals surface area contributed by atoms with Crippen LogP contribution in [0.25, 0.3) is 16.9 Å². The molecule has 3 aromatic rings. The highest BCUT2D eigenvalue weighted by Gasteiger charge is 2.31. The summed E-state index contributed by atoms with van der Waals surface area (Å²) in [5.41, 5.74) is 3.85. The van der Waals surface area contributed by atoms with Gasteiger partial charge in [0.2, 0.25) is 5.91 Å². The minimum atomic E-state index is -0.199. The van der Waals surface area contributed by atoms with Crippen molar-refractivity contribution < 1.29 is 9.59 Å². The monoisotopic (exact) mass is 431 g/mol. The first kappa shape index (κ1) is 21.3. The van der Waals surface area contributed by atoms with Crippen LogP contribution in [0, 0.1) is 11.3 Å². The molecule has 0 atom stereocenters. The Hall–Kier alpha value is -3.93. The lowest BCUT2D eigenvalue weighted by molar-refractivity contribution is -0.120. The fraction of sp³-hybridized carbons (Fsp3) is 0.348. The molecule has 9 nitrogen and oxygen atoms in total.